The summed E-state index contributed by atoms with van der Waals surface area (Å²) >= 11 is 1.34. The summed E-state index contributed by atoms with van der Waals surface area (Å²) in [5.41, 5.74) is 1.22. The molecule has 0 spiro atoms. The van der Waals surface area contributed by atoms with Crippen LogP contribution in [0.2, 0.25) is 0 Å². The van der Waals surface area contributed by atoms with Gasteiger partial charge >= 0.3 is 0 Å². The van der Waals surface area contributed by atoms with Crippen LogP contribution >= 0.6 is 11.8 Å². The van der Waals surface area contributed by atoms with Crippen LogP contribution in [-0.4, -0.2) is 29.1 Å². The molecule has 0 aliphatic rings. The highest BCUT2D eigenvalue weighted by Gasteiger charge is 2.16. The number of anilines is 2. The SMILES string of the molecule is COc1ccc(NC(=O)C(C)Sc2cccc(NC(=O)c3cccc([N+](=O)[O-])c3)c2)cc1. The summed E-state index contributed by atoms with van der Waals surface area (Å²) in [5.74, 6) is 0.0849. The lowest BCUT2D eigenvalue weighted by Crippen LogP contribution is -2.22. The van der Waals surface area contributed by atoms with E-state index >= 15 is 0 Å². The van der Waals surface area contributed by atoms with E-state index in [2.05, 4.69) is 10.6 Å². The van der Waals surface area contributed by atoms with Gasteiger partial charge in [-0.2, -0.15) is 0 Å². The van der Waals surface area contributed by atoms with Gasteiger partial charge in [0, 0.05) is 34.0 Å². The van der Waals surface area contributed by atoms with Crippen LogP contribution in [0.15, 0.2) is 77.7 Å². The van der Waals surface area contributed by atoms with Crippen molar-refractivity contribution in [1.29, 1.82) is 0 Å². The third kappa shape index (κ3) is 6.08. The number of nitrogens with one attached hydrogen (secondary N) is 2. The Kier molecular flexibility index (Phi) is 7.45. The van der Waals surface area contributed by atoms with Crippen molar-refractivity contribution in [3.8, 4) is 5.75 Å². The molecule has 0 aromatic heterocycles. The number of thioether (sulfide) groups is 1. The first-order chi connectivity index (χ1) is 15.4. The maximum Gasteiger partial charge on any atom is 0.270 e. The van der Waals surface area contributed by atoms with Crippen molar-refractivity contribution < 1.29 is 19.2 Å². The monoisotopic (exact) mass is 451 g/mol. The molecular weight excluding hydrogens is 430 g/mol. The second-order valence-electron chi connectivity index (χ2n) is 6.77. The molecule has 3 rings (SSSR count). The lowest BCUT2D eigenvalue weighted by Gasteiger charge is -2.13. The van der Waals surface area contributed by atoms with Gasteiger partial charge in [0.25, 0.3) is 11.6 Å². The summed E-state index contributed by atoms with van der Waals surface area (Å²) in [6.07, 6.45) is 0. The fraction of sp³-hybridized carbons (Fsp3) is 0.130. The molecule has 3 aromatic carbocycles. The standard InChI is InChI=1S/C23H21N3O5S/c1-15(22(27)24-17-9-11-20(31-2)12-10-17)32-21-8-4-6-18(14-21)25-23(28)16-5-3-7-19(13-16)26(29)30/h3-15H,1-2H3,(H,24,27)(H,25,28). The number of methoxy groups -OCH3 is 1. The fourth-order valence-electron chi connectivity index (χ4n) is 2.79. The molecule has 0 bridgehead atoms. The molecule has 32 heavy (non-hydrogen) atoms. The Morgan fingerprint density at radius 3 is 2.38 bits per heavy atom. The number of ether oxygens (including phenoxy) is 1. The van der Waals surface area contributed by atoms with E-state index in [4.69, 9.17) is 4.74 Å². The molecule has 9 heteroatoms. The number of carbonyl (C=O) groups is 2. The predicted molar refractivity (Wildman–Crippen MR) is 124 cm³/mol. The predicted octanol–water partition coefficient (Wildman–Crippen LogP) is 4.98. The highest BCUT2D eigenvalue weighted by atomic mass is 32.2. The summed E-state index contributed by atoms with van der Waals surface area (Å²) in [4.78, 5) is 36.1. The number of hydrogen-bond acceptors (Lipinski definition) is 6. The van der Waals surface area contributed by atoms with Crippen LogP contribution in [0, 0.1) is 10.1 Å². The van der Waals surface area contributed by atoms with Gasteiger partial charge in [0.2, 0.25) is 5.91 Å². The molecule has 1 atom stereocenters. The zero-order valence-electron chi connectivity index (χ0n) is 17.4. The molecule has 164 valence electrons. The second-order valence-corrected chi connectivity index (χ2v) is 8.18. The maximum atomic E-state index is 12.5. The normalized spacial score (nSPS) is 11.3. The van der Waals surface area contributed by atoms with Crippen LogP contribution in [-0.2, 0) is 4.79 Å². The van der Waals surface area contributed by atoms with E-state index in [0.717, 1.165) is 4.90 Å². The molecule has 2 amide bonds. The largest absolute Gasteiger partial charge is 0.497 e. The van der Waals surface area contributed by atoms with Crippen molar-refractivity contribution in [1.82, 2.24) is 0 Å². The first-order valence-electron chi connectivity index (χ1n) is 9.63. The molecule has 0 heterocycles. The molecule has 1 unspecified atom stereocenters. The van der Waals surface area contributed by atoms with Crippen molar-refractivity contribution >= 4 is 40.6 Å². The lowest BCUT2D eigenvalue weighted by atomic mass is 10.2. The summed E-state index contributed by atoms with van der Waals surface area (Å²) < 4.78 is 5.11. The number of carbonyl (C=O) groups excluding carboxylic acids is 2. The minimum absolute atomic E-state index is 0.154. The average Bonchev–Trinajstić information content (AvgIpc) is 2.79. The van der Waals surface area contributed by atoms with E-state index in [9.17, 15) is 19.7 Å². The highest BCUT2D eigenvalue weighted by Crippen LogP contribution is 2.27. The molecule has 0 fully saturated rings. The number of nitro groups is 1. The van der Waals surface area contributed by atoms with Gasteiger partial charge in [0.05, 0.1) is 17.3 Å². The van der Waals surface area contributed by atoms with Gasteiger partial charge < -0.3 is 15.4 Å². The minimum atomic E-state index is -0.549. The van der Waals surface area contributed by atoms with Crippen LogP contribution in [0.25, 0.3) is 0 Å². The van der Waals surface area contributed by atoms with Crippen molar-refractivity contribution in [3.05, 3.63) is 88.5 Å². The third-order valence-corrected chi connectivity index (χ3v) is 5.54. The number of non-ortho nitro benzene ring substituents is 1. The second kappa shape index (κ2) is 10.5. The quantitative estimate of drug-likeness (QED) is 0.284. The Morgan fingerprint density at radius 2 is 1.69 bits per heavy atom. The number of hydrogen-bond donors (Lipinski definition) is 2. The van der Waals surface area contributed by atoms with Crippen LogP contribution < -0.4 is 15.4 Å². The Hall–Kier alpha value is -3.85. The summed E-state index contributed by atoms with van der Waals surface area (Å²) in [5, 5.41) is 16.1. The lowest BCUT2D eigenvalue weighted by molar-refractivity contribution is -0.384. The number of nitrogens with zero attached hydrogens (tertiary/aromatic N) is 1. The molecule has 0 saturated heterocycles. The van der Waals surface area contributed by atoms with Gasteiger partial charge in [0.15, 0.2) is 0 Å². The molecule has 0 aliphatic heterocycles. The van der Waals surface area contributed by atoms with E-state index in [1.807, 2.05) is 6.07 Å². The maximum absolute atomic E-state index is 12.5. The molecular formula is C23H21N3O5S. The smallest absolute Gasteiger partial charge is 0.270 e. The highest BCUT2D eigenvalue weighted by molar-refractivity contribution is 8.00. The van der Waals surface area contributed by atoms with Gasteiger partial charge in [-0.15, -0.1) is 11.8 Å². The van der Waals surface area contributed by atoms with Gasteiger partial charge in [-0.25, -0.2) is 0 Å². The van der Waals surface area contributed by atoms with E-state index in [1.54, 1.807) is 56.5 Å². The van der Waals surface area contributed by atoms with Gasteiger partial charge in [0.1, 0.15) is 5.75 Å². The Balaban J connectivity index is 1.62. The first kappa shape index (κ1) is 22.8. The molecule has 0 saturated carbocycles. The molecule has 8 nitrogen and oxygen atoms in total. The van der Waals surface area contributed by atoms with E-state index in [0.29, 0.717) is 17.1 Å². The molecule has 0 radical (unpaired) electrons. The van der Waals surface area contributed by atoms with Crippen molar-refractivity contribution in [2.75, 3.05) is 17.7 Å². The van der Waals surface area contributed by atoms with Crippen molar-refractivity contribution in [2.45, 2.75) is 17.1 Å². The van der Waals surface area contributed by atoms with Gasteiger partial charge in [-0.1, -0.05) is 12.1 Å². The van der Waals surface area contributed by atoms with E-state index in [-0.39, 0.29) is 22.4 Å². The molecule has 0 aliphatic carbocycles. The number of amides is 2. The van der Waals surface area contributed by atoms with E-state index in [1.165, 1.54) is 36.0 Å². The van der Waals surface area contributed by atoms with Crippen LogP contribution in [0.3, 0.4) is 0 Å². The van der Waals surface area contributed by atoms with Crippen molar-refractivity contribution in [3.63, 3.8) is 0 Å². The van der Waals surface area contributed by atoms with E-state index < -0.39 is 10.8 Å². The van der Waals surface area contributed by atoms with Crippen LogP contribution in [0.4, 0.5) is 17.1 Å². The average molecular weight is 452 g/mol. The molecule has 2 N–H and O–H groups in total. The van der Waals surface area contributed by atoms with Gasteiger partial charge in [-0.05, 0) is 55.5 Å². The van der Waals surface area contributed by atoms with Crippen LogP contribution in [0.5, 0.6) is 5.75 Å². The van der Waals surface area contributed by atoms with Crippen molar-refractivity contribution in [2.24, 2.45) is 0 Å². The summed E-state index contributed by atoms with van der Waals surface area (Å²) in [7, 11) is 1.58. The number of rotatable bonds is 8. The van der Waals surface area contributed by atoms with Gasteiger partial charge in [-0.3, -0.25) is 19.7 Å². The number of nitro benzene ring substituents is 1. The Bertz CT molecular complexity index is 1130. The molecule has 3 aromatic rings. The summed E-state index contributed by atoms with van der Waals surface area (Å²) in [6, 6.07) is 19.6. The Labute approximate surface area is 189 Å². The Morgan fingerprint density at radius 1 is 0.969 bits per heavy atom. The number of benzene rings is 3. The summed E-state index contributed by atoms with van der Waals surface area (Å²) in [6.45, 7) is 1.79. The topological polar surface area (TPSA) is 111 Å². The zero-order chi connectivity index (χ0) is 23.1. The third-order valence-electron chi connectivity index (χ3n) is 4.45. The fourth-order valence-corrected chi connectivity index (χ4v) is 3.71. The minimum Gasteiger partial charge on any atom is -0.497 e. The van der Waals surface area contributed by atoms with Crippen LogP contribution in [0.1, 0.15) is 17.3 Å². The zero-order valence-corrected chi connectivity index (χ0v) is 18.2. The first-order valence-corrected chi connectivity index (χ1v) is 10.5.